The molecule has 5 heteroatoms. The highest BCUT2D eigenvalue weighted by molar-refractivity contribution is 5.78. The second kappa shape index (κ2) is 7.79. The molecule has 2 saturated heterocycles. The van der Waals surface area contributed by atoms with Crippen molar-refractivity contribution in [2.24, 2.45) is 5.92 Å². The van der Waals surface area contributed by atoms with Crippen LogP contribution < -0.4 is 5.32 Å². The Morgan fingerprint density at radius 3 is 2.95 bits per heavy atom. The van der Waals surface area contributed by atoms with E-state index in [1.807, 2.05) is 12.1 Å². The Hall–Kier alpha value is -1.33. The molecule has 0 bridgehead atoms. The van der Waals surface area contributed by atoms with E-state index >= 15 is 0 Å². The van der Waals surface area contributed by atoms with Crippen LogP contribution in [0.25, 0.3) is 0 Å². The minimum Gasteiger partial charge on any atom is -0.469 e. The fraction of sp³-hybridized carbons (Fsp3) is 0.706. The molecule has 2 fully saturated rings. The third-order valence-corrected chi connectivity index (χ3v) is 4.78. The van der Waals surface area contributed by atoms with Crippen molar-refractivity contribution in [1.29, 1.82) is 0 Å². The SMILES string of the molecule is O=C(NCCc1ccco1)C1CCCN(C2CCOCC2)C1. The van der Waals surface area contributed by atoms with Crippen LogP contribution in [0.3, 0.4) is 0 Å². The van der Waals surface area contributed by atoms with Gasteiger partial charge in [0.25, 0.3) is 0 Å². The molecule has 1 atom stereocenters. The number of rotatable bonds is 5. The Labute approximate surface area is 132 Å². The molecule has 1 unspecified atom stereocenters. The first-order chi connectivity index (χ1) is 10.8. The van der Waals surface area contributed by atoms with Crippen LogP contribution in [0.1, 0.15) is 31.4 Å². The van der Waals surface area contributed by atoms with Crippen LogP contribution in [-0.4, -0.2) is 49.7 Å². The molecular weight excluding hydrogens is 280 g/mol. The van der Waals surface area contributed by atoms with E-state index in [9.17, 15) is 4.79 Å². The summed E-state index contributed by atoms with van der Waals surface area (Å²) in [4.78, 5) is 14.9. The summed E-state index contributed by atoms with van der Waals surface area (Å²) in [6.45, 7) is 4.40. The molecule has 0 radical (unpaired) electrons. The molecule has 3 heterocycles. The van der Waals surface area contributed by atoms with E-state index in [-0.39, 0.29) is 11.8 Å². The second-order valence-electron chi connectivity index (χ2n) is 6.30. The maximum absolute atomic E-state index is 12.4. The number of ether oxygens (including phenoxy) is 1. The Morgan fingerprint density at radius 1 is 1.32 bits per heavy atom. The van der Waals surface area contributed by atoms with Crippen LogP contribution in [-0.2, 0) is 16.0 Å². The lowest BCUT2D eigenvalue weighted by molar-refractivity contribution is -0.127. The first-order valence-corrected chi connectivity index (χ1v) is 8.45. The van der Waals surface area contributed by atoms with Gasteiger partial charge in [-0.15, -0.1) is 0 Å². The Balaban J connectivity index is 1.43. The van der Waals surface area contributed by atoms with Gasteiger partial charge in [-0.25, -0.2) is 0 Å². The molecule has 122 valence electrons. The molecule has 0 aliphatic carbocycles. The average Bonchev–Trinajstić information content (AvgIpc) is 3.09. The van der Waals surface area contributed by atoms with Gasteiger partial charge >= 0.3 is 0 Å². The average molecular weight is 306 g/mol. The maximum Gasteiger partial charge on any atom is 0.224 e. The van der Waals surface area contributed by atoms with Gasteiger partial charge in [0.1, 0.15) is 5.76 Å². The number of hydrogen-bond donors (Lipinski definition) is 1. The lowest BCUT2D eigenvalue weighted by Gasteiger charge is -2.39. The van der Waals surface area contributed by atoms with Crippen LogP contribution in [0.4, 0.5) is 0 Å². The van der Waals surface area contributed by atoms with Crippen molar-refractivity contribution in [3.8, 4) is 0 Å². The number of carbonyl (C=O) groups is 1. The molecule has 1 N–H and O–H groups in total. The summed E-state index contributed by atoms with van der Waals surface area (Å²) in [5.41, 5.74) is 0. The van der Waals surface area contributed by atoms with E-state index in [1.165, 1.54) is 0 Å². The molecule has 1 amide bonds. The van der Waals surface area contributed by atoms with Crippen molar-refractivity contribution in [3.05, 3.63) is 24.2 Å². The fourth-order valence-electron chi connectivity index (χ4n) is 3.51. The summed E-state index contributed by atoms with van der Waals surface area (Å²) in [7, 11) is 0. The van der Waals surface area contributed by atoms with Gasteiger partial charge in [0.15, 0.2) is 0 Å². The molecule has 1 aromatic heterocycles. The minimum atomic E-state index is 0.133. The molecule has 2 aliphatic heterocycles. The molecule has 2 aliphatic rings. The number of likely N-dealkylation sites (tertiary alicyclic amines) is 1. The molecular formula is C17H26N2O3. The highest BCUT2D eigenvalue weighted by atomic mass is 16.5. The Kier molecular flexibility index (Phi) is 5.51. The van der Waals surface area contributed by atoms with Gasteiger partial charge in [0, 0.05) is 38.8 Å². The van der Waals surface area contributed by atoms with E-state index in [4.69, 9.17) is 9.15 Å². The van der Waals surface area contributed by atoms with E-state index in [0.717, 1.165) is 64.2 Å². The van der Waals surface area contributed by atoms with Crippen molar-refractivity contribution in [2.75, 3.05) is 32.8 Å². The summed E-state index contributed by atoms with van der Waals surface area (Å²) in [6.07, 6.45) is 6.76. The summed E-state index contributed by atoms with van der Waals surface area (Å²) >= 11 is 0. The van der Waals surface area contributed by atoms with Gasteiger partial charge in [-0.3, -0.25) is 9.69 Å². The summed E-state index contributed by atoms with van der Waals surface area (Å²) in [6, 6.07) is 4.43. The van der Waals surface area contributed by atoms with Crippen molar-refractivity contribution in [3.63, 3.8) is 0 Å². The number of nitrogens with zero attached hydrogens (tertiary/aromatic N) is 1. The molecule has 22 heavy (non-hydrogen) atoms. The zero-order valence-corrected chi connectivity index (χ0v) is 13.1. The molecule has 5 nitrogen and oxygen atoms in total. The lowest BCUT2D eigenvalue weighted by Crippen LogP contribution is -2.48. The Morgan fingerprint density at radius 2 is 2.18 bits per heavy atom. The van der Waals surface area contributed by atoms with Crippen molar-refractivity contribution >= 4 is 5.91 Å². The molecule has 0 saturated carbocycles. The standard InChI is InChI=1S/C17H26N2O3/c20-17(18-8-5-16-4-2-10-22-16)14-3-1-9-19(13-14)15-6-11-21-12-7-15/h2,4,10,14-15H,1,3,5-9,11-13H2,(H,18,20). The predicted molar refractivity (Wildman–Crippen MR) is 83.6 cm³/mol. The van der Waals surface area contributed by atoms with E-state index in [1.54, 1.807) is 6.26 Å². The predicted octanol–water partition coefficient (Wildman–Crippen LogP) is 1.83. The largest absolute Gasteiger partial charge is 0.469 e. The summed E-state index contributed by atoms with van der Waals surface area (Å²) in [5.74, 6) is 1.25. The van der Waals surface area contributed by atoms with E-state index in [2.05, 4.69) is 10.2 Å². The number of carbonyl (C=O) groups excluding carboxylic acids is 1. The van der Waals surface area contributed by atoms with E-state index in [0.29, 0.717) is 12.6 Å². The number of furan rings is 1. The monoisotopic (exact) mass is 306 g/mol. The molecule has 1 aromatic rings. The second-order valence-corrected chi connectivity index (χ2v) is 6.30. The maximum atomic E-state index is 12.4. The highest BCUT2D eigenvalue weighted by Crippen LogP contribution is 2.23. The Bertz CT molecular complexity index is 454. The number of piperidine rings is 1. The normalized spacial score (nSPS) is 24.3. The highest BCUT2D eigenvalue weighted by Gasteiger charge is 2.30. The van der Waals surface area contributed by atoms with Gasteiger partial charge in [0.05, 0.1) is 12.2 Å². The third-order valence-electron chi connectivity index (χ3n) is 4.78. The summed E-state index contributed by atoms with van der Waals surface area (Å²) in [5, 5.41) is 3.06. The van der Waals surface area contributed by atoms with Crippen molar-refractivity contribution in [1.82, 2.24) is 10.2 Å². The van der Waals surface area contributed by atoms with Crippen molar-refractivity contribution in [2.45, 2.75) is 38.1 Å². The first kappa shape index (κ1) is 15.6. The van der Waals surface area contributed by atoms with E-state index < -0.39 is 0 Å². The molecule has 0 spiro atoms. The van der Waals surface area contributed by atoms with Crippen LogP contribution in [0.5, 0.6) is 0 Å². The van der Waals surface area contributed by atoms with Crippen LogP contribution in [0.2, 0.25) is 0 Å². The van der Waals surface area contributed by atoms with Gasteiger partial charge < -0.3 is 14.5 Å². The number of nitrogens with one attached hydrogen (secondary N) is 1. The van der Waals surface area contributed by atoms with Gasteiger partial charge in [-0.1, -0.05) is 0 Å². The first-order valence-electron chi connectivity index (χ1n) is 8.45. The minimum absolute atomic E-state index is 0.133. The van der Waals surface area contributed by atoms with Crippen LogP contribution in [0.15, 0.2) is 22.8 Å². The van der Waals surface area contributed by atoms with Gasteiger partial charge in [0.2, 0.25) is 5.91 Å². The van der Waals surface area contributed by atoms with Crippen molar-refractivity contribution < 1.29 is 13.9 Å². The zero-order chi connectivity index (χ0) is 15.2. The fourth-order valence-corrected chi connectivity index (χ4v) is 3.51. The lowest BCUT2D eigenvalue weighted by atomic mass is 9.94. The molecule has 3 rings (SSSR count). The number of hydrogen-bond acceptors (Lipinski definition) is 4. The van der Waals surface area contributed by atoms with Gasteiger partial charge in [-0.2, -0.15) is 0 Å². The summed E-state index contributed by atoms with van der Waals surface area (Å²) < 4.78 is 10.7. The van der Waals surface area contributed by atoms with Gasteiger partial charge in [-0.05, 0) is 44.4 Å². The zero-order valence-electron chi connectivity index (χ0n) is 13.1. The van der Waals surface area contributed by atoms with Crippen LogP contribution >= 0.6 is 0 Å². The smallest absolute Gasteiger partial charge is 0.224 e. The third kappa shape index (κ3) is 4.11. The molecule has 0 aromatic carbocycles. The number of amides is 1. The quantitative estimate of drug-likeness (QED) is 0.902. The topological polar surface area (TPSA) is 54.7 Å². The van der Waals surface area contributed by atoms with Crippen LogP contribution in [0, 0.1) is 5.92 Å².